The number of nitrogens with two attached hydrogens (primary N) is 1. The predicted octanol–water partition coefficient (Wildman–Crippen LogP) is 4.18. The maximum Gasteiger partial charge on any atom is 0.331 e. The van der Waals surface area contributed by atoms with E-state index < -0.39 is 41.4 Å². The molecule has 1 aromatic carbocycles. The van der Waals surface area contributed by atoms with E-state index in [0.29, 0.717) is 6.42 Å². The highest BCUT2D eigenvalue weighted by molar-refractivity contribution is 5.87. The molecule has 2 N–H and O–H groups in total. The topological polar surface area (TPSA) is 87.8 Å². The summed E-state index contributed by atoms with van der Waals surface area (Å²) in [6, 6.07) is 8.94. The lowest BCUT2D eigenvalue weighted by atomic mass is 9.74. The average Bonchev–Trinajstić information content (AvgIpc) is 3.28. The Morgan fingerprint density at radius 3 is 2.52 bits per heavy atom. The maximum absolute atomic E-state index is 13.0. The van der Waals surface area contributed by atoms with Gasteiger partial charge in [0.2, 0.25) is 0 Å². The van der Waals surface area contributed by atoms with E-state index in [-0.39, 0.29) is 11.8 Å². The highest BCUT2D eigenvalue weighted by Crippen LogP contribution is 2.61. The Bertz CT molecular complexity index is 981. The zero-order chi connectivity index (χ0) is 24.0. The molecule has 0 aromatic heterocycles. The second kappa shape index (κ2) is 8.73. The number of carbonyl (C=O) groups excluding carboxylic acids is 2. The maximum atomic E-state index is 13.0. The van der Waals surface area contributed by atoms with Crippen LogP contribution in [0.1, 0.15) is 59.4 Å². The molecular weight excluding hydrogens is 418 g/mol. The number of benzene rings is 1. The van der Waals surface area contributed by atoms with Gasteiger partial charge in [-0.3, -0.25) is 4.79 Å². The van der Waals surface area contributed by atoms with E-state index >= 15 is 0 Å². The number of rotatable bonds is 6. The van der Waals surface area contributed by atoms with Crippen LogP contribution < -0.4 is 5.73 Å². The van der Waals surface area contributed by atoms with Crippen molar-refractivity contribution in [2.24, 2.45) is 17.6 Å². The molecule has 0 radical (unpaired) electrons. The fourth-order valence-corrected chi connectivity index (χ4v) is 5.80. The molecule has 0 saturated carbocycles. The molecule has 0 amide bonds. The van der Waals surface area contributed by atoms with Gasteiger partial charge in [-0.1, -0.05) is 49.8 Å². The van der Waals surface area contributed by atoms with Crippen molar-refractivity contribution in [2.45, 2.75) is 83.3 Å². The number of fused-ring (bicyclic) bond motifs is 4. The summed E-state index contributed by atoms with van der Waals surface area (Å²) in [4.78, 5) is 25.4. The van der Waals surface area contributed by atoms with Gasteiger partial charge >= 0.3 is 11.9 Å². The summed E-state index contributed by atoms with van der Waals surface area (Å²) in [5.41, 5.74) is 7.65. The molecule has 33 heavy (non-hydrogen) atoms. The molecule has 3 aliphatic rings. The molecule has 4 rings (SSSR count). The zero-order valence-corrected chi connectivity index (χ0v) is 20.2. The zero-order valence-electron chi connectivity index (χ0n) is 20.2. The van der Waals surface area contributed by atoms with Crippen LogP contribution in [0.3, 0.4) is 0 Å². The van der Waals surface area contributed by atoms with Crippen LogP contribution in [0.15, 0.2) is 47.6 Å². The third kappa shape index (κ3) is 4.04. The normalized spacial score (nSPS) is 34.0. The van der Waals surface area contributed by atoms with E-state index in [4.69, 9.17) is 19.9 Å². The van der Waals surface area contributed by atoms with Gasteiger partial charge in [-0.15, -0.1) is 0 Å². The van der Waals surface area contributed by atoms with Gasteiger partial charge in [0.25, 0.3) is 0 Å². The summed E-state index contributed by atoms with van der Waals surface area (Å²) in [7, 11) is 0. The van der Waals surface area contributed by atoms with Crippen molar-refractivity contribution >= 4 is 18.0 Å². The van der Waals surface area contributed by atoms with Crippen LogP contribution in [0, 0.1) is 11.8 Å². The van der Waals surface area contributed by atoms with Gasteiger partial charge in [-0.25, -0.2) is 4.79 Å². The van der Waals surface area contributed by atoms with Crippen molar-refractivity contribution in [3.8, 4) is 0 Å². The standard InChI is InChI=1S/C27H35NO5/c1-16(2)27-15-21(31-25(30)18(4)28)26(5,33-27)20-13-11-17(3)23(20)24(27)32-22(29)14-12-19-9-7-6-8-10-19/h6-10,12,14,16,18,20-21,24H,11,13,15,28H2,1-5H3/t18-,20+,21+,24-,26-,27+/m0/s1. The van der Waals surface area contributed by atoms with Crippen molar-refractivity contribution in [1.29, 1.82) is 0 Å². The highest BCUT2D eigenvalue weighted by Gasteiger charge is 2.70. The number of ether oxygens (including phenoxy) is 3. The van der Waals surface area contributed by atoms with Crippen LogP contribution in [0.2, 0.25) is 0 Å². The molecule has 178 valence electrons. The molecular formula is C27H35NO5. The lowest BCUT2D eigenvalue weighted by molar-refractivity contribution is -0.223. The summed E-state index contributed by atoms with van der Waals surface area (Å²) in [5, 5.41) is 0. The second-order valence-corrected chi connectivity index (χ2v) is 10.2. The number of hydrogen-bond donors (Lipinski definition) is 1. The molecule has 6 nitrogen and oxygen atoms in total. The van der Waals surface area contributed by atoms with Gasteiger partial charge in [-0.2, -0.15) is 0 Å². The van der Waals surface area contributed by atoms with Crippen LogP contribution in [0.4, 0.5) is 0 Å². The van der Waals surface area contributed by atoms with Crippen molar-refractivity contribution in [3.63, 3.8) is 0 Å². The Labute approximate surface area is 196 Å². The minimum atomic E-state index is -0.773. The van der Waals surface area contributed by atoms with E-state index in [1.807, 2.05) is 37.3 Å². The minimum absolute atomic E-state index is 0.0219. The molecule has 2 saturated heterocycles. The number of hydrogen-bond acceptors (Lipinski definition) is 6. The molecule has 2 fully saturated rings. The summed E-state index contributed by atoms with van der Waals surface area (Å²) in [6.07, 6.45) is 4.51. The molecule has 2 heterocycles. The molecule has 6 heteroatoms. The first-order chi connectivity index (χ1) is 15.6. The first-order valence-electron chi connectivity index (χ1n) is 11.9. The minimum Gasteiger partial charge on any atom is -0.458 e. The van der Waals surface area contributed by atoms with Gasteiger partial charge < -0.3 is 19.9 Å². The molecule has 1 aromatic rings. The Hall–Kier alpha value is -2.44. The monoisotopic (exact) mass is 453 g/mol. The van der Waals surface area contributed by atoms with E-state index in [0.717, 1.165) is 24.0 Å². The Morgan fingerprint density at radius 2 is 1.88 bits per heavy atom. The van der Waals surface area contributed by atoms with Crippen molar-refractivity contribution in [3.05, 3.63) is 53.1 Å². The fraction of sp³-hybridized carbons (Fsp3) is 0.556. The molecule has 6 atom stereocenters. The smallest absolute Gasteiger partial charge is 0.331 e. The summed E-state index contributed by atoms with van der Waals surface area (Å²) >= 11 is 0. The van der Waals surface area contributed by atoms with E-state index in [9.17, 15) is 9.59 Å². The lowest BCUT2D eigenvalue weighted by Crippen LogP contribution is -2.58. The van der Waals surface area contributed by atoms with Crippen LogP contribution in [0.25, 0.3) is 6.08 Å². The summed E-state index contributed by atoms with van der Waals surface area (Å²) in [6.45, 7) is 9.91. The van der Waals surface area contributed by atoms with Gasteiger partial charge in [0.15, 0.2) is 6.10 Å². The van der Waals surface area contributed by atoms with Crippen LogP contribution in [0.5, 0.6) is 0 Å². The third-order valence-electron chi connectivity index (χ3n) is 7.70. The first kappa shape index (κ1) is 23.7. The van der Waals surface area contributed by atoms with E-state index in [1.165, 1.54) is 11.6 Å². The molecule has 0 unspecified atom stereocenters. The average molecular weight is 454 g/mol. The molecule has 2 bridgehead atoms. The predicted molar refractivity (Wildman–Crippen MR) is 126 cm³/mol. The van der Waals surface area contributed by atoms with Crippen molar-refractivity contribution in [1.82, 2.24) is 0 Å². The van der Waals surface area contributed by atoms with Crippen LogP contribution in [-0.2, 0) is 23.8 Å². The SMILES string of the molecule is CC1=C2[C@@H](CC1)[C@]1(C)O[C@@](C(C)C)(C[C@H]1OC(=O)[C@H](C)N)[C@H]2OC(=O)C=Cc1ccccc1. The van der Waals surface area contributed by atoms with Crippen molar-refractivity contribution < 1.29 is 23.8 Å². The fourth-order valence-electron chi connectivity index (χ4n) is 5.80. The van der Waals surface area contributed by atoms with E-state index in [2.05, 4.69) is 20.8 Å². The van der Waals surface area contributed by atoms with Crippen LogP contribution in [-0.4, -0.2) is 41.4 Å². The van der Waals surface area contributed by atoms with Gasteiger partial charge in [-0.05, 0) is 56.7 Å². The summed E-state index contributed by atoms with van der Waals surface area (Å²) in [5.74, 6) is -0.781. The van der Waals surface area contributed by atoms with Gasteiger partial charge in [0, 0.05) is 18.4 Å². The van der Waals surface area contributed by atoms with Gasteiger partial charge in [0.05, 0.1) is 0 Å². The molecule has 2 aliphatic heterocycles. The van der Waals surface area contributed by atoms with Crippen LogP contribution >= 0.6 is 0 Å². The first-order valence-corrected chi connectivity index (χ1v) is 11.9. The number of allylic oxidation sites excluding steroid dienone is 1. The quantitative estimate of drug-likeness (QED) is 0.395. The Kier molecular flexibility index (Phi) is 6.27. The molecule has 0 spiro atoms. The van der Waals surface area contributed by atoms with E-state index in [1.54, 1.807) is 13.0 Å². The third-order valence-corrected chi connectivity index (χ3v) is 7.70. The van der Waals surface area contributed by atoms with Crippen molar-refractivity contribution in [2.75, 3.05) is 0 Å². The Morgan fingerprint density at radius 1 is 1.18 bits per heavy atom. The number of esters is 2. The second-order valence-electron chi connectivity index (χ2n) is 10.2. The largest absolute Gasteiger partial charge is 0.458 e. The summed E-state index contributed by atoms with van der Waals surface area (Å²) < 4.78 is 18.9. The number of carbonyl (C=O) groups is 2. The van der Waals surface area contributed by atoms with Gasteiger partial charge in [0.1, 0.15) is 23.3 Å². The molecule has 1 aliphatic carbocycles. The highest BCUT2D eigenvalue weighted by atomic mass is 16.6. The lowest BCUT2D eigenvalue weighted by Gasteiger charge is -2.50. The Balaban J connectivity index is 1.68.